The zero-order chi connectivity index (χ0) is 18.6. The fourth-order valence-electron chi connectivity index (χ4n) is 2.52. The number of nitrogens with zero attached hydrogens (tertiary/aromatic N) is 1. The van der Waals surface area contributed by atoms with Crippen LogP contribution < -0.4 is 14.2 Å². The second-order valence-corrected chi connectivity index (χ2v) is 8.00. The van der Waals surface area contributed by atoms with E-state index in [0.29, 0.717) is 30.9 Å². The smallest absolute Gasteiger partial charge is 0.264 e. The van der Waals surface area contributed by atoms with Crippen LogP contribution in [0, 0.1) is 0 Å². The topological polar surface area (TPSA) is 94.6 Å². The fraction of sp³-hybridized carbons (Fsp3) is 0.333. The lowest BCUT2D eigenvalue weighted by molar-refractivity contribution is 0.0980. The molecule has 138 valence electrons. The van der Waals surface area contributed by atoms with Gasteiger partial charge in [0.15, 0.2) is 11.5 Å². The molecule has 1 fully saturated rings. The van der Waals surface area contributed by atoms with Gasteiger partial charge in [0.1, 0.15) is 6.61 Å². The molecule has 1 heterocycles. The number of hydrogen-bond acceptors (Lipinski definition) is 6. The van der Waals surface area contributed by atoms with E-state index in [4.69, 9.17) is 9.47 Å². The first-order valence-corrected chi connectivity index (χ1v) is 9.80. The van der Waals surface area contributed by atoms with Gasteiger partial charge in [0.25, 0.3) is 5.91 Å². The third kappa shape index (κ3) is 4.13. The number of aromatic nitrogens is 1. The number of nitrogens with one attached hydrogen (secondary N) is 1. The minimum Gasteiger partial charge on any atom is -0.493 e. The average molecular weight is 376 g/mol. The fourth-order valence-corrected chi connectivity index (χ4v) is 4.02. The van der Waals surface area contributed by atoms with Crippen molar-refractivity contribution in [2.75, 3.05) is 7.11 Å². The maximum absolute atomic E-state index is 12.3. The van der Waals surface area contributed by atoms with E-state index in [2.05, 4.69) is 9.71 Å². The van der Waals surface area contributed by atoms with Crippen molar-refractivity contribution in [3.8, 4) is 11.5 Å². The molecule has 7 nitrogen and oxygen atoms in total. The summed E-state index contributed by atoms with van der Waals surface area (Å²) in [5.41, 5.74) is 1.14. The summed E-state index contributed by atoms with van der Waals surface area (Å²) in [5, 5.41) is -0.476. The molecule has 1 aromatic carbocycles. The monoisotopic (exact) mass is 376 g/mol. The molecular weight excluding hydrogens is 356 g/mol. The van der Waals surface area contributed by atoms with E-state index in [-0.39, 0.29) is 5.56 Å². The van der Waals surface area contributed by atoms with Gasteiger partial charge in [0.05, 0.1) is 12.4 Å². The molecule has 8 heteroatoms. The second kappa shape index (κ2) is 7.74. The number of carbonyl (C=O) groups excluding carboxylic acids is 1. The standard InChI is InChI=1S/C18H20N2O5S/c1-24-17-11-14(18(21)20-26(22,23)15-3-2-4-15)5-6-16(17)25-12-13-7-9-19-10-8-13/h5-11,15H,2-4,12H2,1H3,(H,20,21). The lowest BCUT2D eigenvalue weighted by atomic mass is 10.0. The Hall–Kier alpha value is -2.61. The van der Waals surface area contributed by atoms with Crippen molar-refractivity contribution in [2.45, 2.75) is 31.1 Å². The van der Waals surface area contributed by atoms with Crippen molar-refractivity contribution in [3.63, 3.8) is 0 Å². The Bertz CT molecular complexity index is 880. The number of rotatable bonds is 7. The lowest BCUT2D eigenvalue weighted by Gasteiger charge is -2.25. The van der Waals surface area contributed by atoms with Gasteiger partial charge in [-0.05, 0) is 48.7 Å². The van der Waals surface area contributed by atoms with Gasteiger partial charge in [-0.25, -0.2) is 13.1 Å². The second-order valence-electron chi connectivity index (χ2n) is 6.04. The number of ether oxygens (including phenoxy) is 2. The highest BCUT2D eigenvalue weighted by molar-refractivity contribution is 7.90. The zero-order valence-corrected chi connectivity index (χ0v) is 15.2. The first kappa shape index (κ1) is 18.2. The lowest BCUT2D eigenvalue weighted by Crippen LogP contribution is -2.41. The summed E-state index contributed by atoms with van der Waals surface area (Å²) in [6, 6.07) is 8.23. The highest BCUT2D eigenvalue weighted by atomic mass is 32.2. The molecule has 0 atom stereocenters. The summed E-state index contributed by atoms with van der Waals surface area (Å²) in [6.45, 7) is 0.320. The van der Waals surface area contributed by atoms with E-state index in [1.165, 1.54) is 19.2 Å². The van der Waals surface area contributed by atoms with Gasteiger partial charge in [0, 0.05) is 18.0 Å². The first-order chi connectivity index (χ1) is 12.5. The average Bonchev–Trinajstić information content (AvgIpc) is 2.58. The summed E-state index contributed by atoms with van der Waals surface area (Å²) >= 11 is 0. The van der Waals surface area contributed by atoms with Crippen LogP contribution in [0.2, 0.25) is 0 Å². The van der Waals surface area contributed by atoms with Crippen molar-refractivity contribution in [2.24, 2.45) is 0 Å². The first-order valence-electron chi connectivity index (χ1n) is 8.25. The van der Waals surface area contributed by atoms with Gasteiger partial charge >= 0.3 is 0 Å². The highest BCUT2D eigenvalue weighted by Crippen LogP contribution is 2.29. The van der Waals surface area contributed by atoms with Crippen molar-refractivity contribution < 1.29 is 22.7 Å². The number of carbonyl (C=O) groups is 1. The number of sulfonamides is 1. The van der Waals surface area contributed by atoms with Crippen LogP contribution in [0.5, 0.6) is 11.5 Å². The molecule has 0 spiro atoms. The van der Waals surface area contributed by atoms with Crippen LogP contribution >= 0.6 is 0 Å². The predicted molar refractivity (Wildman–Crippen MR) is 95.6 cm³/mol. The summed E-state index contributed by atoms with van der Waals surface area (Å²) < 4.78 is 37.3. The van der Waals surface area contributed by atoms with Crippen LogP contribution in [0.3, 0.4) is 0 Å². The number of benzene rings is 1. The minimum absolute atomic E-state index is 0.195. The molecule has 1 aliphatic rings. The quantitative estimate of drug-likeness (QED) is 0.797. The molecule has 26 heavy (non-hydrogen) atoms. The van der Waals surface area contributed by atoms with Gasteiger partial charge in [-0.1, -0.05) is 6.42 Å². The molecule has 1 N–H and O–H groups in total. The van der Waals surface area contributed by atoms with E-state index < -0.39 is 21.2 Å². The van der Waals surface area contributed by atoms with Gasteiger partial charge in [-0.2, -0.15) is 0 Å². The van der Waals surface area contributed by atoms with E-state index in [1.807, 2.05) is 12.1 Å². The molecule has 0 aliphatic heterocycles. The molecule has 2 aromatic rings. The number of amides is 1. The SMILES string of the molecule is COc1cc(C(=O)NS(=O)(=O)C2CCC2)ccc1OCc1ccncc1. The van der Waals surface area contributed by atoms with Crippen LogP contribution in [0.1, 0.15) is 35.2 Å². The van der Waals surface area contributed by atoms with Crippen LogP contribution in [0.4, 0.5) is 0 Å². The van der Waals surface area contributed by atoms with Crippen LogP contribution in [-0.2, 0) is 16.6 Å². The number of hydrogen-bond donors (Lipinski definition) is 1. The summed E-state index contributed by atoms with van der Waals surface area (Å²) in [5.74, 6) is 0.145. The van der Waals surface area contributed by atoms with Crippen LogP contribution in [0.25, 0.3) is 0 Å². The van der Waals surface area contributed by atoms with Crippen molar-refractivity contribution in [1.82, 2.24) is 9.71 Å². The Morgan fingerprint density at radius 2 is 1.92 bits per heavy atom. The Kier molecular flexibility index (Phi) is 5.41. The normalized spacial score (nSPS) is 14.3. The van der Waals surface area contributed by atoms with Crippen molar-refractivity contribution in [1.29, 1.82) is 0 Å². The largest absolute Gasteiger partial charge is 0.493 e. The molecular formula is C18H20N2O5S. The van der Waals surface area contributed by atoms with Crippen molar-refractivity contribution >= 4 is 15.9 Å². The molecule has 0 radical (unpaired) electrons. The van der Waals surface area contributed by atoms with Crippen LogP contribution in [-0.4, -0.2) is 31.7 Å². The van der Waals surface area contributed by atoms with E-state index in [0.717, 1.165) is 12.0 Å². The van der Waals surface area contributed by atoms with E-state index in [1.54, 1.807) is 18.5 Å². The Morgan fingerprint density at radius 3 is 2.54 bits per heavy atom. The summed E-state index contributed by atoms with van der Waals surface area (Å²) in [4.78, 5) is 16.2. The van der Waals surface area contributed by atoms with E-state index >= 15 is 0 Å². The molecule has 0 unspecified atom stereocenters. The summed E-state index contributed by atoms with van der Waals surface area (Å²) in [7, 11) is -2.16. The number of pyridine rings is 1. The highest BCUT2D eigenvalue weighted by Gasteiger charge is 2.32. The molecule has 1 aromatic heterocycles. The third-order valence-corrected chi connectivity index (χ3v) is 6.11. The molecule has 0 bridgehead atoms. The van der Waals surface area contributed by atoms with Crippen LogP contribution in [0.15, 0.2) is 42.7 Å². The molecule has 1 saturated carbocycles. The number of methoxy groups -OCH3 is 1. The Labute approximate surface area is 152 Å². The van der Waals surface area contributed by atoms with Gasteiger partial charge in [-0.15, -0.1) is 0 Å². The molecule has 3 rings (SSSR count). The molecule has 1 amide bonds. The Morgan fingerprint density at radius 1 is 1.19 bits per heavy atom. The Balaban J connectivity index is 1.70. The maximum Gasteiger partial charge on any atom is 0.264 e. The molecule has 1 aliphatic carbocycles. The summed E-state index contributed by atoms with van der Waals surface area (Å²) in [6.07, 6.45) is 5.40. The van der Waals surface area contributed by atoms with Crippen molar-refractivity contribution in [3.05, 3.63) is 53.9 Å². The van der Waals surface area contributed by atoms with Gasteiger partial charge < -0.3 is 9.47 Å². The maximum atomic E-state index is 12.3. The zero-order valence-electron chi connectivity index (χ0n) is 14.3. The molecule has 0 saturated heterocycles. The van der Waals surface area contributed by atoms with E-state index in [9.17, 15) is 13.2 Å². The van der Waals surface area contributed by atoms with Gasteiger partial charge in [-0.3, -0.25) is 9.78 Å². The third-order valence-electron chi connectivity index (χ3n) is 4.30. The minimum atomic E-state index is -3.62. The van der Waals surface area contributed by atoms with Gasteiger partial charge in [0.2, 0.25) is 10.0 Å². The predicted octanol–water partition coefficient (Wildman–Crippen LogP) is 2.28.